The number of amides is 2. The Balaban J connectivity index is 2.76. The molecule has 2 amide bonds. The zero-order chi connectivity index (χ0) is 14.8. The van der Waals surface area contributed by atoms with E-state index in [0.717, 1.165) is 12.8 Å². The maximum absolute atomic E-state index is 12.5. The number of hydrogen-bond donors (Lipinski definition) is 1. The molecule has 110 valence electrons. The Labute approximate surface area is 116 Å². The van der Waals surface area contributed by atoms with Crippen molar-refractivity contribution in [1.29, 1.82) is 0 Å². The summed E-state index contributed by atoms with van der Waals surface area (Å²) < 4.78 is 0. The lowest BCUT2D eigenvalue weighted by atomic mass is 9.84. The first kappa shape index (κ1) is 16.0. The van der Waals surface area contributed by atoms with E-state index in [-0.39, 0.29) is 23.3 Å². The number of hydrogen-bond acceptors (Lipinski definition) is 2. The van der Waals surface area contributed by atoms with Crippen molar-refractivity contribution >= 4 is 11.8 Å². The van der Waals surface area contributed by atoms with Crippen LogP contribution in [-0.4, -0.2) is 35.3 Å². The molecule has 2 atom stereocenters. The molecule has 4 heteroatoms. The molecule has 1 aliphatic rings. The van der Waals surface area contributed by atoms with E-state index < -0.39 is 6.04 Å². The van der Waals surface area contributed by atoms with Crippen LogP contribution in [0.3, 0.4) is 0 Å². The molecule has 0 bridgehead atoms. The average molecular weight is 268 g/mol. The first-order chi connectivity index (χ1) is 8.64. The fraction of sp³-hybridized carbons (Fsp3) is 0.867. The van der Waals surface area contributed by atoms with E-state index in [1.165, 1.54) is 0 Å². The van der Waals surface area contributed by atoms with Crippen LogP contribution in [-0.2, 0) is 9.59 Å². The molecule has 1 N–H and O–H groups in total. The van der Waals surface area contributed by atoms with E-state index in [1.54, 1.807) is 4.90 Å². The predicted octanol–water partition coefficient (Wildman–Crippen LogP) is 2.18. The summed E-state index contributed by atoms with van der Waals surface area (Å²) in [7, 11) is 0. The second-order valence-electron chi connectivity index (χ2n) is 7.05. The van der Waals surface area contributed by atoms with Crippen molar-refractivity contribution < 1.29 is 9.59 Å². The van der Waals surface area contributed by atoms with E-state index in [2.05, 4.69) is 19.2 Å². The Morgan fingerprint density at radius 1 is 1.26 bits per heavy atom. The Kier molecular flexibility index (Phi) is 4.99. The highest BCUT2D eigenvalue weighted by molar-refractivity contribution is 5.97. The molecule has 0 radical (unpaired) electrons. The topological polar surface area (TPSA) is 49.4 Å². The molecule has 1 fully saturated rings. The van der Waals surface area contributed by atoms with Gasteiger partial charge < -0.3 is 10.2 Å². The summed E-state index contributed by atoms with van der Waals surface area (Å²) >= 11 is 0. The van der Waals surface area contributed by atoms with Crippen LogP contribution in [0.2, 0.25) is 0 Å². The fourth-order valence-corrected chi connectivity index (χ4v) is 2.38. The molecule has 19 heavy (non-hydrogen) atoms. The minimum Gasteiger partial charge on any atom is -0.342 e. The Morgan fingerprint density at radius 2 is 1.84 bits per heavy atom. The molecule has 1 rings (SSSR count). The van der Waals surface area contributed by atoms with Crippen molar-refractivity contribution in [3.8, 4) is 0 Å². The number of rotatable bonds is 4. The monoisotopic (exact) mass is 268 g/mol. The second-order valence-corrected chi connectivity index (χ2v) is 7.05. The third-order valence-electron chi connectivity index (χ3n) is 3.71. The van der Waals surface area contributed by atoms with Gasteiger partial charge in [-0.25, -0.2) is 0 Å². The van der Waals surface area contributed by atoms with Crippen LogP contribution in [0.25, 0.3) is 0 Å². The summed E-state index contributed by atoms with van der Waals surface area (Å²) in [5.41, 5.74) is -0.247. The van der Waals surface area contributed by atoms with Crippen LogP contribution >= 0.6 is 0 Å². The Morgan fingerprint density at radius 3 is 2.32 bits per heavy atom. The lowest BCUT2D eigenvalue weighted by molar-refractivity contribution is -0.151. The third-order valence-corrected chi connectivity index (χ3v) is 3.71. The maximum atomic E-state index is 12.5. The number of piperazine rings is 1. The van der Waals surface area contributed by atoms with Gasteiger partial charge in [-0.05, 0) is 31.1 Å². The smallest absolute Gasteiger partial charge is 0.246 e. The molecule has 4 nitrogen and oxygen atoms in total. The highest BCUT2D eigenvalue weighted by Crippen LogP contribution is 2.25. The van der Waals surface area contributed by atoms with E-state index in [9.17, 15) is 9.59 Å². The van der Waals surface area contributed by atoms with Crippen molar-refractivity contribution in [2.45, 2.75) is 66.5 Å². The van der Waals surface area contributed by atoms with E-state index in [0.29, 0.717) is 12.5 Å². The van der Waals surface area contributed by atoms with E-state index in [1.807, 2.05) is 27.7 Å². The number of carbonyl (C=O) groups excluding carboxylic acids is 2. The van der Waals surface area contributed by atoms with E-state index >= 15 is 0 Å². The largest absolute Gasteiger partial charge is 0.342 e. The van der Waals surface area contributed by atoms with Gasteiger partial charge in [-0.2, -0.15) is 0 Å². The number of nitrogens with zero attached hydrogens (tertiary/aromatic N) is 1. The number of nitrogens with one attached hydrogen (secondary N) is 1. The Hall–Kier alpha value is -1.06. The maximum Gasteiger partial charge on any atom is 0.246 e. The molecule has 2 unspecified atom stereocenters. The minimum absolute atomic E-state index is 0.0379. The summed E-state index contributed by atoms with van der Waals surface area (Å²) in [5.74, 6) is 0.648. The van der Waals surface area contributed by atoms with Crippen LogP contribution in [0.1, 0.15) is 54.4 Å². The van der Waals surface area contributed by atoms with Crippen molar-refractivity contribution in [1.82, 2.24) is 10.2 Å². The highest BCUT2D eigenvalue weighted by atomic mass is 16.2. The lowest BCUT2D eigenvalue weighted by Crippen LogP contribution is -2.65. The van der Waals surface area contributed by atoms with Crippen LogP contribution < -0.4 is 5.32 Å². The quantitative estimate of drug-likeness (QED) is 0.849. The van der Waals surface area contributed by atoms with Crippen LogP contribution in [0.4, 0.5) is 0 Å². The van der Waals surface area contributed by atoms with Gasteiger partial charge >= 0.3 is 0 Å². The zero-order valence-electron chi connectivity index (χ0n) is 13.1. The molecule has 0 aliphatic carbocycles. The summed E-state index contributed by atoms with van der Waals surface area (Å²) in [6.45, 7) is 12.8. The minimum atomic E-state index is -0.407. The van der Waals surface area contributed by atoms with Gasteiger partial charge in [0.2, 0.25) is 11.8 Å². The van der Waals surface area contributed by atoms with Gasteiger partial charge in [-0.3, -0.25) is 9.59 Å². The van der Waals surface area contributed by atoms with Gasteiger partial charge in [0.1, 0.15) is 12.1 Å². The molecule has 1 saturated heterocycles. The van der Waals surface area contributed by atoms with Crippen molar-refractivity contribution in [2.75, 3.05) is 6.54 Å². The summed E-state index contributed by atoms with van der Waals surface area (Å²) in [6.07, 6.45) is 2.04. The molecular formula is C15H28N2O2. The number of carbonyl (C=O) groups is 2. The molecule has 0 spiro atoms. The van der Waals surface area contributed by atoms with Gasteiger partial charge in [0.15, 0.2) is 0 Å². The summed E-state index contributed by atoms with van der Waals surface area (Å²) in [6, 6.07) is -0.756. The predicted molar refractivity (Wildman–Crippen MR) is 76.6 cm³/mol. The SMILES string of the molecule is CC(C)CCCN1C(=O)C(C(C)(C)C)NC(=O)C1C. The molecule has 0 aromatic heterocycles. The molecule has 0 aromatic rings. The lowest BCUT2D eigenvalue weighted by Gasteiger charge is -2.42. The Bertz CT molecular complexity index is 345. The zero-order valence-corrected chi connectivity index (χ0v) is 13.1. The molecule has 1 aliphatic heterocycles. The van der Waals surface area contributed by atoms with Crippen molar-refractivity contribution in [3.63, 3.8) is 0 Å². The summed E-state index contributed by atoms with van der Waals surface area (Å²) in [5, 5.41) is 2.85. The molecule has 1 heterocycles. The normalized spacial score (nSPS) is 24.9. The second kappa shape index (κ2) is 5.93. The van der Waals surface area contributed by atoms with Gasteiger partial charge in [0, 0.05) is 6.54 Å². The van der Waals surface area contributed by atoms with Crippen molar-refractivity contribution in [2.24, 2.45) is 11.3 Å². The van der Waals surface area contributed by atoms with Gasteiger partial charge in [-0.15, -0.1) is 0 Å². The standard InChI is InChI=1S/C15H28N2O2/c1-10(2)8-7-9-17-11(3)13(18)16-12(14(17)19)15(4,5)6/h10-12H,7-9H2,1-6H3,(H,16,18). The van der Waals surface area contributed by atoms with Crippen LogP contribution in [0, 0.1) is 11.3 Å². The molecule has 0 aromatic carbocycles. The average Bonchev–Trinajstić information content (AvgIpc) is 2.26. The van der Waals surface area contributed by atoms with Crippen LogP contribution in [0.15, 0.2) is 0 Å². The first-order valence-corrected chi connectivity index (χ1v) is 7.25. The molecular weight excluding hydrogens is 240 g/mol. The molecule has 0 saturated carbocycles. The van der Waals surface area contributed by atoms with E-state index in [4.69, 9.17) is 0 Å². The van der Waals surface area contributed by atoms with Gasteiger partial charge in [-0.1, -0.05) is 34.6 Å². The first-order valence-electron chi connectivity index (χ1n) is 7.25. The van der Waals surface area contributed by atoms with Gasteiger partial charge in [0.25, 0.3) is 0 Å². The third kappa shape index (κ3) is 3.95. The summed E-state index contributed by atoms with van der Waals surface area (Å²) in [4.78, 5) is 26.3. The van der Waals surface area contributed by atoms with Crippen LogP contribution in [0.5, 0.6) is 0 Å². The van der Waals surface area contributed by atoms with Crippen molar-refractivity contribution in [3.05, 3.63) is 0 Å². The fourth-order valence-electron chi connectivity index (χ4n) is 2.38. The highest BCUT2D eigenvalue weighted by Gasteiger charge is 2.43. The van der Waals surface area contributed by atoms with Gasteiger partial charge in [0.05, 0.1) is 0 Å².